The molecule has 2 heterocycles. The van der Waals surface area contributed by atoms with E-state index >= 15 is 0 Å². The van der Waals surface area contributed by atoms with Gasteiger partial charge in [-0.15, -0.1) is 24.0 Å². The number of nitrogens with zero attached hydrogens (tertiary/aromatic N) is 2. The van der Waals surface area contributed by atoms with Crippen LogP contribution in [0.4, 0.5) is 0 Å². The van der Waals surface area contributed by atoms with E-state index in [-0.39, 0.29) is 24.0 Å². The highest BCUT2D eigenvalue weighted by molar-refractivity contribution is 14.0. The number of aliphatic hydroxyl groups is 1. The molecule has 26 heavy (non-hydrogen) atoms. The summed E-state index contributed by atoms with van der Waals surface area (Å²) >= 11 is 0. The molecule has 0 aliphatic carbocycles. The van der Waals surface area contributed by atoms with Gasteiger partial charge in [0.25, 0.3) is 0 Å². The Balaban J connectivity index is 0.00000243. The number of hydrogen-bond acceptors (Lipinski definition) is 4. The van der Waals surface area contributed by atoms with Crippen LogP contribution in [0.5, 0.6) is 0 Å². The van der Waals surface area contributed by atoms with Crippen molar-refractivity contribution in [1.82, 2.24) is 15.6 Å². The van der Waals surface area contributed by atoms with E-state index in [0.29, 0.717) is 24.8 Å². The number of aromatic nitrogens is 1. The summed E-state index contributed by atoms with van der Waals surface area (Å²) in [5.74, 6) is 1.18. The number of guanidine groups is 1. The Kier molecular flexibility index (Phi) is 7.86. The number of furan rings is 1. The van der Waals surface area contributed by atoms with Crippen LogP contribution in [0.25, 0.3) is 10.9 Å². The maximum Gasteiger partial charge on any atom is 0.191 e. The van der Waals surface area contributed by atoms with E-state index in [9.17, 15) is 5.11 Å². The van der Waals surface area contributed by atoms with E-state index in [1.807, 2.05) is 37.3 Å². The number of aliphatic hydroxyl groups excluding tert-OH is 1. The monoisotopic (exact) mass is 466 g/mol. The van der Waals surface area contributed by atoms with Gasteiger partial charge in [-0.2, -0.15) is 0 Å². The highest BCUT2D eigenvalue weighted by Crippen LogP contribution is 2.17. The van der Waals surface area contributed by atoms with E-state index < -0.39 is 6.10 Å². The van der Waals surface area contributed by atoms with Crippen molar-refractivity contribution in [2.75, 3.05) is 13.1 Å². The lowest BCUT2D eigenvalue weighted by Gasteiger charge is -2.14. The predicted molar refractivity (Wildman–Crippen MR) is 114 cm³/mol. The Morgan fingerprint density at radius 1 is 1.19 bits per heavy atom. The van der Waals surface area contributed by atoms with E-state index in [1.165, 1.54) is 0 Å². The van der Waals surface area contributed by atoms with Gasteiger partial charge in [-0.1, -0.05) is 18.2 Å². The van der Waals surface area contributed by atoms with Gasteiger partial charge in [0.2, 0.25) is 0 Å². The lowest BCUT2D eigenvalue weighted by atomic mass is 10.1. The second kappa shape index (κ2) is 10.1. The van der Waals surface area contributed by atoms with Crippen LogP contribution < -0.4 is 10.6 Å². The maximum atomic E-state index is 10.1. The van der Waals surface area contributed by atoms with Gasteiger partial charge in [-0.25, -0.2) is 4.99 Å². The summed E-state index contributed by atoms with van der Waals surface area (Å²) in [6, 6.07) is 13.5. The number of benzene rings is 1. The lowest BCUT2D eigenvalue weighted by Crippen LogP contribution is -2.39. The molecule has 3 N–H and O–H groups in total. The number of para-hydroxylation sites is 1. The van der Waals surface area contributed by atoms with Crippen molar-refractivity contribution in [2.24, 2.45) is 4.99 Å². The van der Waals surface area contributed by atoms with Crippen LogP contribution in [-0.2, 0) is 6.54 Å². The van der Waals surface area contributed by atoms with Crippen LogP contribution in [0, 0.1) is 0 Å². The Labute approximate surface area is 169 Å². The average molecular weight is 466 g/mol. The Bertz CT molecular complexity index is 831. The lowest BCUT2D eigenvalue weighted by molar-refractivity contribution is 0.153. The molecule has 6 nitrogen and oxygen atoms in total. The van der Waals surface area contributed by atoms with Crippen LogP contribution in [0.3, 0.4) is 0 Å². The Hall–Kier alpha value is -2.13. The van der Waals surface area contributed by atoms with Crippen molar-refractivity contribution in [3.63, 3.8) is 0 Å². The second-order valence-electron chi connectivity index (χ2n) is 5.59. The fraction of sp³-hybridized carbons (Fsp3) is 0.263. The zero-order chi connectivity index (χ0) is 17.5. The van der Waals surface area contributed by atoms with Crippen molar-refractivity contribution in [1.29, 1.82) is 0 Å². The molecule has 1 atom stereocenters. The molecule has 0 fully saturated rings. The Morgan fingerprint density at radius 3 is 2.81 bits per heavy atom. The minimum absolute atomic E-state index is 0. The molecular formula is C19H23IN4O2. The molecule has 7 heteroatoms. The number of fused-ring (bicyclic) bond motifs is 1. The van der Waals surface area contributed by atoms with Crippen LogP contribution >= 0.6 is 24.0 Å². The largest absolute Gasteiger partial charge is 0.467 e. The van der Waals surface area contributed by atoms with Gasteiger partial charge in [0, 0.05) is 18.1 Å². The number of hydrogen-bond donors (Lipinski definition) is 3. The number of aliphatic imine (C=N–C) groups is 1. The standard InChI is InChI=1S/C19H22N4O2.HI/c1-2-20-19(23-13-17(24)18-8-5-11-25-18)22-12-14-9-10-21-16-7-4-3-6-15(14)16;/h3-11,17,24H,2,12-13H2,1H3,(H2,20,22,23);1H. The second-order valence-corrected chi connectivity index (χ2v) is 5.59. The molecule has 3 rings (SSSR count). The minimum atomic E-state index is -0.722. The molecule has 0 aliphatic heterocycles. The third-order valence-electron chi connectivity index (χ3n) is 3.83. The summed E-state index contributed by atoms with van der Waals surface area (Å²) < 4.78 is 5.21. The highest BCUT2D eigenvalue weighted by atomic mass is 127. The summed E-state index contributed by atoms with van der Waals surface area (Å²) in [4.78, 5) is 8.98. The zero-order valence-corrected chi connectivity index (χ0v) is 16.9. The fourth-order valence-electron chi connectivity index (χ4n) is 2.57. The molecule has 0 amide bonds. The summed E-state index contributed by atoms with van der Waals surface area (Å²) in [6.45, 7) is 3.58. The molecular weight excluding hydrogens is 443 g/mol. The summed E-state index contributed by atoms with van der Waals surface area (Å²) in [6.07, 6.45) is 2.63. The molecule has 0 radical (unpaired) electrons. The molecule has 0 saturated carbocycles. The SMILES string of the molecule is CCNC(=NCc1ccnc2ccccc12)NCC(O)c1ccco1.I. The van der Waals surface area contributed by atoms with Gasteiger partial charge in [-0.3, -0.25) is 4.98 Å². The first-order chi connectivity index (χ1) is 12.3. The van der Waals surface area contributed by atoms with Crippen LogP contribution in [-0.4, -0.2) is 29.1 Å². The average Bonchev–Trinajstić information content (AvgIpc) is 3.18. The molecule has 1 unspecified atom stereocenters. The van der Waals surface area contributed by atoms with Gasteiger partial charge in [0.15, 0.2) is 5.96 Å². The van der Waals surface area contributed by atoms with Gasteiger partial charge < -0.3 is 20.2 Å². The number of pyridine rings is 1. The van der Waals surface area contributed by atoms with E-state index in [4.69, 9.17) is 4.42 Å². The third kappa shape index (κ3) is 5.18. The Morgan fingerprint density at radius 2 is 2.04 bits per heavy atom. The number of rotatable bonds is 6. The molecule has 0 saturated heterocycles. The minimum Gasteiger partial charge on any atom is -0.467 e. The van der Waals surface area contributed by atoms with Crippen molar-refractivity contribution >= 4 is 40.8 Å². The summed E-state index contributed by atoms with van der Waals surface area (Å²) in [7, 11) is 0. The number of halogens is 1. The molecule has 3 aromatic rings. The van der Waals surface area contributed by atoms with E-state index in [0.717, 1.165) is 23.0 Å². The van der Waals surface area contributed by atoms with Gasteiger partial charge >= 0.3 is 0 Å². The van der Waals surface area contributed by atoms with Gasteiger partial charge in [0.1, 0.15) is 11.9 Å². The first-order valence-corrected chi connectivity index (χ1v) is 8.34. The molecule has 1 aromatic carbocycles. The smallest absolute Gasteiger partial charge is 0.191 e. The fourth-order valence-corrected chi connectivity index (χ4v) is 2.57. The summed E-state index contributed by atoms with van der Waals surface area (Å²) in [5.41, 5.74) is 2.07. The first kappa shape index (κ1) is 20.2. The van der Waals surface area contributed by atoms with Crippen LogP contribution in [0.1, 0.15) is 24.4 Å². The first-order valence-electron chi connectivity index (χ1n) is 8.34. The normalized spacial score (nSPS) is 12.5. The van der Waals surface area contributed by atoms with E-state index in [2.05, 4.69) is 20.6 Å². The maximum absolute atomic E-state index is 10.1. The van der Waals surface area contributed by atoms with Gasteiger partial charge in [0.05, 0.1) is 24.9 Å². The van der Waals surface area contributed by atoms with Crippen molar-refractivity contribution in [2.45, 2.75) is 19.6 Å². The molecule has 138 valence electrons. The van der Waals surface area contributed by atoms with Crippen LogP contribution in [0.2, 0.25) is 0 Å². The highest BCUT2D eigenvalue weighted by Gasteiger charge is 2.11. The quantitative estimate of drug-likeness (QED) is 0.295. The topological polar surface area (TPSA) is 82.7 Å². The summed E-state index contributed by atoms with van der Waals surface area (Å²) in [5, 5.41) is 17.5. The van der Waals surface area contributed by atoms with E-state index in [1.54, 1.807) is 24.6 Å². The van der Waals surface area contributed by atoms with Crippen molar-refractivity contribution in [3.8, 4) is 0 Å². The zero-order valence-electron chi connectivity index (χ0n) is 14.6. The molecule has 0 bridgehead atoms. The van der Waals surface area contributed by atoms with Gasteiger partial charge in [-0.05, 0) is 36.8 Å². The number of nitrogens with one attached hydrogen (secondary N) is 2. The molecule has 2 aromatic heterocycles. The van der Waals surface area contributed by atoms with Crippen LogP contribution in [0.15, 0.2) is 64.3 Å². The van der Waals surface area contributed by atoms with Crippen molar-refractivity contribution < 1.29 is 9.52 Å². The molecule has 0 aliphatic rings. The van der Waals surface area contributed by atoms with Crippen molar-refractivity contribution in [3.05, 3.63) is 66.2 Å². The third-order valence-corrected chi connectivity index (χ3v) is 3.83. The molecule has 0 spiro atoms. The predicted octanol–water partition coefficient (Wildman–Crippen LogP) is 3.23.